The van der Waals surface area contributed by atoms with Crippen molar-refractivity contribution in [2.24, 2.45) is 0 Å². The first-order chi connectivity index (χ1) is 20.8. The van der Waals surface area contributed by atoms with Crippen LogP contribution >= 0.6 is 0 Å². The molecule has 42 heavy (non-hydrogen) atoms. The van der Waals surface area contributed by atoms with E-state index in [1.165, 1.54) is 55.3 Å². The number of hydrogen-bond donors (Lipinski definition) is 4. The summed E-state index contributed by atoms with van der Waals surface area (Å²) in [5.41, 5.74) is 16.8. The van der Waals surface area contributed by atoms with Crippen LogP contribution in [0.4, 0.5) is 0 Å². The zero-order valence-corrected chi connectivity index (χ0v) is 23.2. The highest BCUT2D eigenvalue weighted by molar-refractivity contribution is 5.91. The summed E-state index contributed by atoms with van der Waals surface area (Å²) in [6.07, 6.45) is 0.132. The van der Waals surface area contributed by atoms with Crippen LogP contribution in [-0.2, 0) is 0 Å². The van der Waals surface area contributed by atoms with Gasteiger partial charge in [0.15, 0.2) is 0 Å². The number of rotatable bonds is 6. The van der Waals surface area contributed by atoms with Gasteiger partial charge in [0, 0.05) is 0 Å². The van der Waals surface area contributed by atoms with Gasteiger partial charge in [0.1, 0.15) is 0 Å². The Bertz CT molecular complexity index is 1830. The second-order valence-corrected chi connectivity index (χ2v) is 11.3. The Balaban J connectivity index is 0.984. The molecule has 204 valence electrons. The third-order valence-corrected chi connectivity index (χ3v) is 8.60. The summed E-state index contributed by atoms with van der Waals surface area (Å²) < 4.78 is 0. The SMILES string of the molecule is c1ccc(C2NNC(c3ccc(-c4ccc5ccc(-c6ccc(C7NC7c7ccccc7)cc6)cc5c4)cc3)N2)cc1. The van der Waals surface area contributed by atoms with Gasteiger partial charge in [0.2, 0.25) is 0 Å². The van der Waals surface area contributed by atoms with E-state index in [0.717, 1.165) is 0 Å². The molecule has 0 bridgehead atoms. The lowest BCUT2D eigenvalue weighted by Gasteiger charge is -2.13. The Morgan fingerprint density at radius 2 is 0.762 bits per heavy atom. The van der Waals surface area contributed by atoms with E-state index in [9.17, 15) is 0 Å². The van der Waals surface area contributed by atoms with E-state index in [-0.39, 0.29) is 12.3 Å². The van der Waals surface area contributed by atoms with Gasteiger partial charge >= 0.3 is 0 Å². The maximum atomic E-state index is 3.63. The lowest BCUT2D eigenvalue weighted by molar-refractivity contribution is 0.554. The van der Waals surface area contributed by atoms with Crippen molar-refractivity contribution in [3.63, 3.8) is 0 Å². The molecular formula is C38H32N4. The normalized spacial score (nSPS) is 21.4. The third kappa shape index (κ3) is 4.91. The van der Waals surface area contributed by atoms with E-state index in [1.54, 1.807) is 0 Å². The molecular weight excluding hydrogens is 512 g/mol. The highest BCUT2D eigenvalue weighted by Gasteiger charge is 2.38. The first-order valence-corrected chi connectivity index (χ1v) is 14.7. The summed E-state index contributed by atoms with van der Waals surface area (Å²) in [7, 11) is 0. The van der Waals surface area contributed by atoms with Gasteiger partial charge in [0.25, 0.3) is 0 Å². The van der Waals surface area contributed by atoms with Gasteiger partial charge in [-0.1, -0.05) is 133 Å². The predicted octanol–water partition coefficient (Wildman–Crippen LogP) is 7.95. The molecule has 2 aliphatic rings. The molecule has 6 aromatic rings. The molecule has 6 aromatic carbocycles. The van der Waals surface area contributed by atoms with Gasteiger partial charge in [-0.2, -0.15) is 0 Å². The minimum Gasteiger partial charge on any atom is -0.300 e. The van der Waals surface area contributed by atoms with Crippen LogP contribution in [0, 0.1) is 0 Å². The molecule has 0 amide bonds. The summed E-state index contributed by atoms with van der Waals surface area (Å²) in [4.78, 5) is 0. The zero-order valence-electron chi connectivity index (χ0n) is 23.2. The number of hydrazine groups is 1. The topological polar surface area (TPSA) is 58.0 Å². The summed E-state index contributed by atoms with van der Waals surface area (Å²) >= 11 is 0. The van der Waals surface area contributed by atoms with E-state index in [0.29, 0.717) is 12.1 Å². The van der Waals surface area contributed by atoms with Gasteiger partial charge < -0.3 is 0 Å². The van der Waals surface area contributed by atoms with E-state index < -0.39 is 0 Å². The molecule has 4 heteroatoms. The quantitative estimate of drug-likeness (QED) is 0.161. The van der Waals surface area contributed by atoms with Crippen LogP contribution in [0.25, 0.3) is 33.0 Å². The fraction of sp³-hybridized carbons (Fsp3) is 0.105. The molecule has 0 spiro atoms. The summed E-state index contributed by atoms with van der Waals surface area (Å²) in [6.45, 7) is 0. The highest BCUT2D eigenvalue weighted by Crippen LogP contribution is 2.42. The highest BCUT2D eigenvalue weighted by atomic mass is 15.5. The van der Waals surface area contributed by atoms with Crippen LogP contribution in [0.5, 0.6) is 0 Å². The van der Waals surface area contributed by atoms with Crippen molar-refractivity contribution in [3.8, 4) is 22.3 Å². The Morgan fingerprint density at radius 3 is 1.31 bits per heavy atom. The van der Waals surface area contributed by atoms with E-state index in [2.05, 4.69) is 161 Å². The number of nitrogens with one attached hydrogen (secondary N) is 4. The maximum absolute atomic E-state index is 3.63. The van der Waals surface area contributed by atoms with Crippen molar-refractivity contribution in [1.29, 1.82) is 0 Å². The van der Waals surface area contributed by atoms with Crippen molar-refractivity contribution in [2.45, 2.75) is 24.4 Å². The van der Waals surface area contributed by atoms with Crippen LogP contribution in [-0.4, -0.2) is 0 Å². The fourth-order valence-electron chi connectivity index (χ4n) is 6.15. The first-order valence-electron chi connectivity index (χ1n) is 14.7. The molecule has 0 saturated carbocycles. The second-order valence-electron chi connectivity index (χ2n) is 11.3. The monoisotopic (exact) mass is 544 g/mol. The second kappa shape index (κ2) is 10.7. The zero-order chi connectivity index (χ0) is 27.9. The molecule has 0 aliphatic carbocycles. The smallest absolute Gasteiger partial charge is 0.0978 e. The van der Waals surface area contributed by atoms with Crippen molar-refractivity contribution in [2.75, 3.05) is 0 Å². The average molecular weight is 545 g/mol. The number of fused-ring (bicyclic) bond motifs is 1. The summed E-state index contributed by atoms with van der Waals surface area (Å²) in [6, 6.07) is 53.3. The minimum absolute atomic E-state index is 0.0507. The molecule has 2 saturated heterocycles. The largest absolute Gasteiger partial charge is 0.300 e. The molecule has 2 fully saturated rings. The van der Waals surface area contributed by atoms with Gasteiger partial charge in [-0.25, -0.2) is 10.9 Å². The van der Waals surface area contributed by atoms with Crippen molar-refractivity contribution in [3.05, 3.63) is 168 Å². The molecule has 4 unspecified atom stereocenters. The lowest BCUT2D eigenvalue weighted by atomic mass is 9.96. The van der Waals surface area contributed by atoms with Crippen molar-refractivity contribution in [1.82, 2.24) is 21.5 Å². The maximum Gasteiger partial charge on any atom is 0.0978 e. The molecule has 4 atom stereocenters. The predicted molar refractivity (Wildman–Crippen MR) is 171 cm³/mol. The Labute approximate surface area is 246 Å². The van der Waals surface area contributed by atoms with E-state index in [1.807, 2.05) is 6.07 Å². The third-order valence-electron chi connectivity index (χ3n) is 8.60. The minimum atomic E-state index is 0.0507. The molecule has 0 aromatic heterocycles. The molecule has 2 heterocycles. The average Bonchev–Trinajstić information content (AvgIpc) is 3.72. The van der Waals surface area contributed by atoms with Gasteiger partial charge in [0.05, 0.1) is 24.4 Å². The van der Waals surface area contributed by atoms with Crippen LogP contribution in [0.2, 0.25) is 0 Å². The summed E-state index contributed by atoms with van der Waals surface area (Å²) in [5, 5.41) is 9.75. The Hall–Kier alpha value is -4.58. The molecule has 4 N–H and O–H groups in total. The van der Waals surface area contributed by atoms with E-state index in [4.69, 9.17) is 0 Å². The fourth-order valence-corrected chi connectivity index (χ4v) is 6.15. The van der Waals surface area contributed by atoms with Crippen LogP contribution in [0.1, 0.15) is 46.7 Å². The van der Waals surface area contributed by atoms with Gasteiger partial charge in [-0.3, -0.25) is 10.6 Å². The summed E-state index contributed by atoms with van der Waals surface area (Å²) in [5.74, 6) is 0. The molecule has 4 nitrogen and oxygen atoms in total. The van der Waals surface area contributed by atoms with E-state index >= 15 is 0 Å². The van der Waals surface area contributed by atoms with Crippen LogP contribution in [0.15, 0.2) is 146 Å². The standard InChI is InChI=1S/C38H32N4/c1-3-7-28(8-4-1)35-36(39-35)29-17-11-25(12-18-29)32-21-15-27-16-22-33(24-34(27)23-32)26-13-19-31(20-14-26)38-40-37(41-42-38)30-9-5-2-6-10-30/h1-24,35-42H. The van der Waals surface area contributed by atoms with Crippen molar-refractivity contribution >= 4 is 10.8 Å². The van der Waals surface area contributed by atoms with Crippen LogP contribution < -0.4 is 21.5 Å². The Morgan fingerprint density at radius 1 is 0.333 bits per heavy atom. The lowest BCUT2D eigenvalue weighted by Crippen LogP contribution is -2.26. The molecule has 2 aliphatic heterocycles. The first kappa shape index (κ1) is 25.2. The van der Waals surface area contributed by atoms with Gasteiger partial charge in [-0.15, -0.1) is 0 Å². The Kier molecular flexibility index (Phi) is 6.39. The van der Waals surface area contributed by atoms with Crippen LogP contribution in [0.3, 0.4) is 0 Å². The number of benzene rings is 6. The molecule has 8 rings (SSSR count). The van der Waals surface area contributed by atoms with Gasteiger partial charge in [-0.05, 0) is 67.4 Å². The number of hydrogen-bond acceptors (Lipinski definition) is 4. The molecule has 0 radical (unpaired) electrons. The van der Waals surface area contributed by atoms with Crippen molar-refractivity contribution < 1.29 is 0 Å².